The molecule has 0 radical (unpaired) electrons. The minimum atomic E-state index is -1.25. The lowest BCUT2D eigenvalue weighted by atomic mass is 10.1. The summed E-state index contributed by atoms with van der Waals surface area (Å²) in [7, 11) is 0. The largest absolute Gasteiger partial charge is 0.444 e. The summed E-state index contributed by atoms with van der Waals surface area (Å²) in [4.78, 5) is 11.5. The van der Waals surface area contributed by atoms with Gasteiger partial charge in [-0.3, -0.25) is 0 Å². The number of rotatable bonds is 3. The molecule has 1 aromatic carbocycles. The van der Waals surface area contributed by atoms with Gasteiger partial charge in [0.25, 0.3) is 0 Å². The van der Waals surface area contributed by atoms with Crippen LogP contribution in [0.15, 0.2) is 30.3 Å². The van der Waals surface area contributed by atoms with Gasteiger partial charge in [-0.15, -0.1) is 0 Å². The lowest BCUT2D eigenvalue weighted by Gasteiger charge is -2.23. The van der Waals surface area contributed by atoms with Crippen molar-refractivity contribution in [3.63, 3.8) is 0 Å². The van der Waals surface area contributed by atoms with Crippen LogP contribution < -0.4 is 5.32 Å². The number of nitrogens with one attached hydrogen (secondary N) is 1. The molecule has 100 valence electrons. The molecule has 1 rings (SSSR count). The van der Waals surface area contributed by atoms with Crippen LogP contribution in [0.3, 0.4) is 0 Å². The van der Waals surface area contributed by atoms with Gasteiger partial charge in [0.2, 0.25) is 0 Å². The maximum atomic E-state index is 14.1. The molecule has 0 aromatic heterocycles. The van der Waals surface area contributed by atoms with E-state index < -0.39 is 23.9 Å². The van der Waals surface area contributed by atoms with Crippen LogP contribution in [0.5, 0.6) is 0 Å². The van der Waals surface area contributed by atoms with E-state index in [1.807, 2.05) is 6.07 Å². The molecule has 1 N–H and O–H groups in total. The van der Waals surface area contributed by atoms with Gasteiger partial charge in [0.15, 0.2) is 0 Å². The van der Waals surface area contributed by atoms with Gasteiger partial charge < -0.3 is 10.1 Å². The van der Waals surface area contributed by atoms with Crippen molar-refractivity contribution in [1.29, 1.82) is 0 Å². The quantitative estimate of drug-likeness (QED) is 0.893. The van der Waals surface area contributed by atoms with E-state index in [1.165, 1.54) is 0 Å². The SMILES string of the molecule is C[C@@H](NC(=O)OC(C)(C)C)[C@@H](F)c1ccccc1. The van der Waals surface area contributed by atoms with Gasteiger partial charge in [0.1, 0.15) is 11.8 Å². The van der Waals surface area contributed by atoms with E-state index in [9.17, 15) is 9.18 Å². The van der Waals surface area contributed by atoms with Crippen LogP contribution in [-0.2, 0) is 4.74 Å². The average molecular weight is 253 g/mol. The Bertz CT molecular complexity index is 387. The van der Waals surface area contributed by atoms with Crippen LogP contribution in [0.25, 0.3) is 0 Å². The van der Waals surface area contributed by atoms with Crippen LogP contribution in [0.2, 0.25) is 0 Å². The minimum absolute atomic E-state index is 0.543. The molecule has 0 bridgehead atoms. The molecule has 1 amide bonds. The first-order valence-corrected chi connectivity index (χ1v) is 5.98. The first kappa shape index (κ1) is 14.5. The molecule has 4 heteroatoms. The van der Waals surface area contributed by atoms with Gasteiger partial charge in [-0.25, -0.2) is 9.18 Å². The number of alkyl halides is 1. The highest BCUT2D eigenvalue weighted by Gasteiger charge is 2.23. The Hall–Kier alpha value is -1.58. The number of alkyl carbamates (subject to hydrolysis) is 1. The van der Waals surface area contributed by atoms with E-state index >= 15 is 0 Å². The van der Waals surface area contributed by atoms with Crippen LogP contribution in [0, 0.1) is 0 Å². The van der Waals surface area contributed by atoms with Crippen molar-refractivity contribution in [2.75, 3.05) is 0 Å². The molecule has 0 heterocycles. The topological polar surface area (TPSA) is 38.3 Å². The molecular weight excluding hydrogens is 233 g/mol. The monoisotopic (exact) mass is 253 g/mol. The third-order valence-corrected chi connectivity index (χ3v) is 2.30. The van der Waals surface area contributed by atoms with Gasteiger partial charge in [-0.2, -0.15) is 0 Å². The molecule has 0 saturated carbocycles. The van der Waals surface area contributed by atoms with Crippen molar-refractivity contribution in [1.82, 2.24) is 5.32 Å². The zero-order valence-corrected chi connectivity index (χ0v) is 11.2. The number of amides is 1. The van der Waals surface area contributed by atoms with Crippen LogP contribution >= 0.6 is 0 Å². The molecular formula is C14H20FNO2. The highest BCUT2D eigenvalue weighted by atomic mass is 19.1. The lowest BCUT2D eigenvalue weighted by Crippen LogP contribution is -2.39. The maximum Gasteiger partial charge on any atom is 0.407 e. The predicted octanol–water partition coefficient (Wildman–Crippen LogP) is 3.61. The molecule has 3 nitrogen and oxygen atoms in total. The number of hydrogen-bond donors (Lipinski definition) is 1. The van der Waals surface area contributed by atoms with Crippen LogP contribution in [0.4, 0.5) is 9.18 Å². The standard InChI is InChI=1S/C14H20FNO2/c1-10(16-13(17)18-14(2,3)4)12(15)11-8-6-5-7-9-11/h5-10,12H,1-4H3,(H,16,17)/t10-,12-/m1/s1. The smallest absolute Gasteiger partial charge is 0.407 e. The molecule has 0 aliphatic rings. The minimum Gasteiger partial charge on any atom is -0.444 e. The van der Waals surface area contributed by atoms with E-state index in [0.29, 0.717) is 5.56 Å². The van der Waals surface area contributed by atoms with E-state index in [-0.39, 0.29) is 0 Å². The van der Waals surface area contributed by atoms with Crippen molar-refractivity contribution in [2.45, 2.75) is 45.5 Å². The Balaban J connectivity index is 2.55. The number of halogens is 1. The molecule has 18 heavy (non-hydrogen) atoms. The summed E-state index contributed by atoms with van der Waals surface area (Å²) < 4.78 is 19.1. The molecule has 2 atom stereocenters. The van der Waals surface area contributed by atoms with Crippen molar-refractivity contribution >= 4 is 6.09 Å². The normalized spacial score (nSPS) is 14.7. The molecule has 0 fully saturated rings. The van der Waals surface area contributed by atoms with Crippen molar-refractivity contribution in [3.05, 3.63) is 35.9 Å². The van der Waals surface area contributed by atoms with Gasteiger partial charge in [0, 0.05) is 0 Å². The van der Waals surface area contributed by atoms with Gasteiger partial charge in [0.05, 0.1) is 6.04 Å². The molecule has 0 spiro atoms. The number of carbonyl (C=O) groups is 1. The summed E-state index contributed by atoms with van der Waals surface area (Å²) in [5.41, 5.74) is -0.0383. The van der Waals surface area contributed by atoms with Crippen molar-refractivity contribution in [2.24, 2.45) is 0 Å². The molecule has 0 saturated heterocycles. The summed E-state index contributed by atoms with van der Waals surface area (Å²) in [6.07, 6.45) is -1.85. The highest BCUT2D eigenvalue weighted by molar-refractivity contribution is 5.68. The second-order valence-corrected chi connectivity index (χ2v) is 5.25. The van der Waals surface area contributed by atoms with Crippen LogP contribution in [0.1, 0.15) is 39.4 Å². The summed E-state index contributed by atoms with van der Waals surface area (Å²) in [5.74, 6) is 0. The molecule has 0 aliphatic heterocycles. The van der Waals surface area contributed by atoms with Crippen molar-refractivity contribution in [3.8, 4) is 0 Å². The first-order chi connectivity index (χ1) is 8.29. The predicted molar refractivity (Wildman–Crippen MR) is 69.1 cm³/mol. The molecule has 0 unspecified atom stereocenters. The van der Waals surface area contributed by atoms with Gasteiger partial charge >= 0.3 is 6.09 Å². The summed E-state index contributed by atoms with van der Waals surface area (Å²) in [6, 6.07) is 8.10. The number of hydrogen-bond acceptors (Lipinski definition) is 2. The Morgan fingerprint density at radius 3 is 2.33 bits per heavy atom. The fourth-order valence-corrected chi connectivity index (χ4v) is 1.49. The molecule has 0 aliphatic carbocycles. The van der Waals surface area contributed by atoms with Gasteiger partial charge in [-0.05, 0) is 33.3 Å². The van der Waals surface area contributed by atoms with E-state index in [0.717, 1.165) is 0 Å². The zero-order chi connectivity index (χ0) is 13.8. The molecule has 1 aromatic rings. The average Bonchev–Trinajstić information content (AvgIpc) is 2.26. The maximum absolute atomic E-state index is 14.1. The number of ether oxygens (including phenoxy) is 1. The fraction of sp³-hybridized carbons (Fsp3) is 0.500. The zero-order valence-electron chi connectivity index (χ0n) is 11.2. The number of benzene rings is 1. The van der Waals surface area contributed by atoms with E-state index in [2.05, 4.69) is 5.32 Å². The second kappa shape index (κ2) is 5.85. The lowest BCUT2D eigenvalue weighted by molar-refractivity contribution is 0.0481. The van der Waals surface area contributed by atoms with Crippen molar-refractivity contribution < 1.29 is 13.9 Å². The Morgan fingerprint density at radius 1 is 1.28 bits per heavy atom. The van der Waals surface area contributed by atoms with Gasteiger partial charge in [-0.1, -0.05) is 30.3 Å². The third-order valence-electron chi connectivity index (χ3n) is 2.30. The second-order valence-electron chi connectivity index (χ2n) is 5.25. The Morgan fingerprint density at radius 2 is 1.83 bits per heavy atom. The third kappa shape index (κ3) is 4.73. The van der Waals surface area contributed by atoms with Crippen LogP contribution in [-0.4, -0.2) is 17.7 Å². The number of carbonyl (C=O) groups excluding carboxylic acids is 1. The van der Waals surface area contributed by atoms with E-state index in [4.69, 9.17) is 4.74 Å². The first-order valence-electron chi connectivity index (χ1n) is 5.98. The Labute approximate surface area is 107 Å². The summed E-state index contributed by atoms with van der Waals surface area (Å²) in [6.45, 7) is 6.91. The highest BCUT2D eigenvalue weighted by Crippen LogP contribution is 2.21. The summed E-state index contributed by atoms with van der Waals surface area (Å²) in [5, 5.41) is 2.50. The Kier molecular flexibility index (Phi) is 4.70. The summed E-state index contributed by atoms with van der Waals surface area (Å²) >= 11 is 0. The van der Waals surface area contributed by atoms with E-state index in [1.54, 1.807) is 52.0 Å². The fourth-order valence-electron chi connectivity index (χ4n) is 1.49.